The Morgan fingerprint density at radius 3 is 1.75 bits per heavy atom. The molecule has 26 nitrogen and oxygen atoms in total. The Labute approximate surface area is 284 Å². The summed E-state index contributed by atoms with van der Waals surface area (Å²) < 4.78 is 94.4. The van der Waals surface area contributed by atoms with Crippen molar-refractivity contribution in [3.63, 3.8) is 0 Å². The molecule has 4 aromatic heterocycles. The van der Waals surface area contributed by atoms with Crippen LogP contribution in [0, 0.1) is 0 Å². The van der Waals surface area contributed by atoms with Crippen LogP contribution < -0.4 is 22.6 Å². The summed E-state index contributed by atoms with van der Waals surface area (Å²) in [6.45, 7) is 2.17. The monoisotopic (exact) mass is 766 g/mol. The van der Waals surface area contributed by atoms with Gasteiger partial charge in [-0.05, 0) is 13.8 Å². The molecule has 3 aliphatic heterocycles. The number of nitrogens with one attached hydrogen (secondary N) is 2. The topological polar surface area (TPSA) is 384 Å². The number of ether oxygens (including phenoxy) is 4. The van der Waals surface area contributed by atoms with E-state index in [4.69, 9.17) is 39.5 Å². The van der Waals surface area contributed by atoms with E-state index in [-0.39, 0.29) is 34.2 Å². The second-order valence-corrected chi connectivity index (χ2v) is 13.8. The van der Waals surface area contributed by atoms with Crippen molar-refractivity contribution in [1.82, 2.24) is 39.0 Å². The van der Waals surface area contributed by atoms with Crippen molar-refractivity contribution >= 4 is 55.0 Å². The summed E-state index contributed by atoms with van der Waals surface area (Å²) in [5.41, 5.74) is 10.1. The minimum Gasteiger partial charge on any atom is -0.387 e. The Hall–Kier alpha value is -4.20. The molecule has 7 heterocycles. The van der Waals surface area contributed by atoms with Crippen molar-refractivity contribution < 1.29 is 63.5 Å². The molecule has 0 saturated carbocycles. The molecule has 3 fully saturated rings. The van der Waals surface area contributed by atoms with Crippen LogP contribution in [0.4, 0.5) is 11.9 Å². The summed E-state index contributed by atoms with van der Waals surface area (Å²) in [4.78, 5) is 44.1. The zero-order chi connectivity index (χ0) is 37.2. The first kappa shape index (κ1) is 36.6. The zero-order valence-corrected chi connectivity index (χ0v) is 27.7. The molecule has 0 aromatic carbocycles. The van der Waals surface area contributed by atoms with Gasteiger partial charge in [-0.2, -0.15) is 26.8 Å². The van der Waals surface area contributed by atoms with E-state index in [2.05, 4.69) is 38.3 Å². The van der Waals surface area contributed by atoms with E-state index in [1.54, 1.807) is 13.8 Å². The van der Waals surface area contributed by atoms with E-state index in [9.17, 15) is 36.6 Å². The number of hydrogen-bond donors (Lipinski definition) is 8. The normalized spacial score (nSPS) is 29.0. The number of nitrogens with two attached hydrogens (primary N) is 2. The van der Waals surface area contributed by atoms with Gasteiger partial charge in [0.05, 0.1) is 25.9 Å². The van der Waals surface area contributed by atoms with Crippen molar-refractivity contribution in [3.8, 4) is 0 Å². The predicted octanol–water partition coefficient (Wildman–Crippen LogP) is -3.92. The number of H-pyrrole nitrogens is 2. The lowest BCUT2D eigenvalue weighted by Crippen LogP contribution is -2.34. The smallest absolute Gasteiger partial charge is 0.387 e. The van der Waals surface area contributed by atoms with Gasteiger partial charge >= 0.3 is 20.8 Å². The standard InChI is InChI=1S/C13H17N5O8S.C10H13N5O8S/c1-13(2)25-7-5(3-23-27(20,21)22)24-11(8(7)26-13)18-4-15-6-9(18)16-12(14)17-10(6)19;11-10-13-7-4(8(18)14-10)12-2-15(7)9-6(17)5(16)3(23-9)1-22-24(19,20)21/h4-5,7-8,11H,3H2,1-2H3,(H,20,21,22)(H3,14,16,17,19);2-3,5-6,9,16-17H,1H2,(H,19,20,21)(H3,11,13,14,18). The maximum absolute atomic E-state index is 12.0. The average molecular weight is 767 g/mol. The van der Waals surface area contributed by atoms with Crippen molar-refractivity contribution in [2.75, 3.05) is 24.7 Å². The van der Waals surface area contributed by atoms with Gasteiger partial charge in [0, 0.05) is 0 Å². The molecule has 280 valence electrons. The molecule has 10 N–H and O–H groups in total. The van der Waals surface area contributed by atoms with Gasteiger partial charge in [0.2, 0.25) is 11.9 Å². The lowest BCUT2D eigenvalue weighted by Gasteiger charge is -2.24. The third-order valence-corrected chi connectivity index (χ3v) is 8.54. The highest BCUT2D eigenvalue weighted by molar-refractivity contribution is 7.81. The van der Waals surface area contributed by atoms with Crippen molar-refractivity contribution in [2.45, 2.75) is 68.7 Å². The van der Waals surface area contributed by atoms with E-state index in [1.165, 1.54) is 15.5 Å². The number of fused-ring (bicyclic) bond motifs is 3. The zero-order valence-electron chi connectivity index (χ0n) is 26.0. The quantitative estimate of drug-likeness (QED) is 0.0794. The number of aliphatic hydroxyl groups excluding tert-OH is 2. The third-order valence-electron chi connectivity index (χ3n) is 7.67. The van der Waals surface area contributed by atoms with Gasteiger partial charge in [0.25, 0.3) is 11.1 Å². The Morgan fingerprint density at radius 1 is 0.784 bits per heavy atom. The van der Waals surface area contributed by atoms with Crippen LogP contribution in [0.1, 0.15) is 26.3 Å². The minimum atomic E-state index is -4.74. The van der Waals surface area contributed by atoms with Crippen LogP contribution in [-0.2, 0) is 48.1 Å². The number of aromatic nitrogens is 8. The van der Waals surface area contributed by atoms with E-state index >= 15 is 0 Å². The summed E-state index contributed by atoms with van der Waals surface area (Å²) in [7, 11) is -9.39. The fourth-order valence-electron chi connectivity index (χ4n) is 5.68. The molecule has 51 heavy (non-hydrogen) atoms. The van der Waals surface area contributed by atoms with E-state index in [0.717, 1.165) is 6.33 Å². The number of nitrogens with zero attached hydrogens (tertiary/aromatic N) is 6. The number of nitrogen functional groups attached to an aromatic ring is 2. The Kier molecular flexibility index (Phi) is 9.39. The van der Waals surface area contributed by atoms with Gasteiger partial charge in [0.15, 0.2) is 40.6 Å². The van der Waals surface area contributed by atoms with E-state index in [1.807, 2.05) is 0 Å². The van der Waals surface area contributed by atoms with Crippen LogP contribution in [0.25, 0.3) is 22.3 Å². The SMILES string of the molecule is CC1(C)OC2C(COS(=O)(=O)O)OC(n3cnc4c(=O)[nH]c(N)nc43)C2O1.Nc1nc2c(ncn2C2OC(COS(=O)(=O)O)C(O)C2O)c(=O)[nH]1. The van der Waals surface area contributed by atoms with Crippen LogP contribution in [0.15, 0.2) is 22.2 Å². The predicted molar refractivity (Wildman–Crippen MR) is 164 cm³/mol. The summed E-state index contributed by atoms with van der Waals surface area (Å²) >= 11 is 0. The highest BCUT2D eigenvalue weighted by Crippen LogP contribution is 2.43. The number of anilines is 2. The fourth-order valence-corrected chi connectivity index (χ4v) is 6.29. The number of imidazole rings is 2. The van der Waals surface area contributed by atoms with Crippen molar-refractivity contribution in [3.05, 3.63) is 33.4 Å². The van der Waals surface area contributed by atoms with Crippen molar-refractivity contribution in [1.29, 1.82) is 0 Å². The maximum atomic E-state index is 12.0. The summed E-state index contributed by atoms with van der Waals surface area (Å²) in [5.74, 6) is -1.25. The number of hydrogen-bond acceptors (Lipinski definition) is 20. The second-order valence-electron chi connectivity index (χ2n) is 11.7. The molecule has 3 saturated heterocycles. The lowest BCUT2D eigenvalue weighted by molar-refractivity contribution is -0.198. The number of rotatable bonds is 8. The van der Waals surface area contributed by atoms with Gasteiger partial charge in [-0.25, -0.2) is 18.3 Å². The first-order valence-corrected chi connectivity index (χ1v) is 17.2. The summed E-state index contributed by atoms with van der Waals surface area (Å²) in [5, 5.41) is 20.0. The Balaban J connectivity index is 0.000000177. The van der Waals surface area contributed by atoms with Crippen molar-refractivity contribution in [2.24, 2.45) is 0 Å². The molecule has 0 bridgehead atoms. The van der Waals surface area contributed by atoms with Gasteiger partial charge < -0.3 is 40.6 Å². The molecule has 8 unspecified atom stereocenters. The van der Waals surface area contributed by atoms with Crippen LogP contribution in [0.5, 0.6) is 0 Å². The largest absolute Gasteiger partial charge is 0.397 e. The molecule has 8 atom stereocenters. The van der Waals surface area contributed by atoms with E-state index < -0.39 is 100.0 Å². The number of aromatic amines is 2. The third kappa shape index (κ3) is 7.56. The van der Waals surface area contributed by atoms with Gasteiger partial charge in [-0.1, -0.05) is 0 Å². The first-order chi connectivity index (χ1) is 23.7. The summed E-state index contributed by atoms with van der Waals surface area (Å²) in [6.07, 6.45) is -6.09. The van der Waals surface area contributed by atoms with Gasteiger partial charge in [-0.3, -0.25) is 37.8 Å². The first-order valence-electron chi connectivity index (χ1n) is 14.4. The van der Waals surface area contributed by atoms with Crippen LogP contribution >= 0.6 is 0 Å². The molecular formula is C23H30N10O16S2. The van der Waals surface area contributed by atoms with Crippen LogP contribution in [0.3, 0.4) is 0 Å². The molecule has 3 aliphatic rings. The van der Waals surface area contributed by atoms with E-state index in [0.29, 0.717) is 0 Å². The maximum Gasteiger partial charge on any atom is 0.397 e. The molecule has 7 rings (SSSR count). The average Bonchev–Trinajstić information content (AvgIpc) is 3.80. The van der Waals surface area contributed by atoms with Crippen LogP contribution in [0.2, 0.25) is 0 Å². The highest BCUT2D eigenvalue weighted by atomic mass is 32.3. The highest BCUT2D eigenvalue weighted by Gasteiger charge is 2.56. The van der Waals surface area contributed by atoms with Gasteiger partial charge in [0.1, 0.15) is 36.6 Å². The lowest BCUT2D eigenvalue weighted by atomic mass is 10.1. The molecule has 28 heteroatoms. The number of aliphatic hydroxyl groups is 2. The Morgan fingerprint density at radius 2 is 1.24 bits per heavy atom. The fraction of sp³-hybridized carbons (Fsp3) is 0.565. The molecule has 0 aliphatic carbocycles. The second kappa shape index (κ2) is 13.1. The van der Waals surface area contributed by atoms with Gasteiger partial charge in [-0.15, -0.1) is 0 Å². The molecule has 0 radical (unpaired) electrons. The summed E-state index contributed by atoms with van der Waals surface area (Å²) in [6, 6.07) is 0. The molecule has 0 spiro atoms. The molecular weight excluding hydrogens is 736 g/mol. The molecule has 4 aromatic rings. The molecule has 0 amide bonds. The van der Waals surface area contributed by atoms with Crippen LogP contribution in [-0.4, -0.2) is 131 Å². The minimum absolute atomic E-state index is 0.00356. The Bertz CT molecular complexity index is 2290.